The van der Waals surface area contributed by atoms with Crippen molar-refractivity contribution in [1.29, 1.82) is 0 Å². The van der Waals surface area contributed by atoms with E-state index >= 15 is 0 Å². The number of allylic oxidation sites excluding steroid dienone is 2. The first-order valence-electron chi connectivity index (χ1n) is 4.45. The van der Waals surface area contributed by atoms with Crippen molar-refractivity contribution in [3.8, 4) is 0 Å². The van der Waals surface area contributed by atoms with Crippen molar-refractivity contribution >= 4 is 0 Å². The molecule has 0 N–H and O–H groups in total. The van der Waals surface area contributed by atoms with Gasteiger partial charge in [-0.1, -0.05) is 17.2 Å². The summed E-state index contributed by atoms with van der Waals surface area (Å²) in [5, 5.41) is 0. The van der Waals surface area contributed by atoms with Gasteiger partial charge in [-0.3, -0.25) is 0 Å². The summed E-state index contributed by atoms with van der Waals surface area (Å²) in [6, 6.07) is 0. The molecule has 0 unspecified atom stereocenters. The SMILES string of the molecule is C=C(C)CCC/C=C(/C)COC. The molecular formula is C11H20O. The summed E-state index contributed by atoms with van der Waals surface area (Å²) in [6.45, 7) is 8.80. The highest BCUT2D eigenvalue weighted by atomic mass is 16.5. The third kappa shape index (κ3) is 7.55. The smallest absolute Gasteiger partial charge is 0.0670 e. The molecule has 0 atom stereocenters. The minimum absolute atomic E-state index is 0.757. The molecule has 0 saturated carbocycles. The minimum atomic E-state index is 0.757. The molecule has 0 amide bonds. The highest BCUT2D eigenvalue weighted by molar-refractivity contribution is 4.98. The van der Waals surface area contributed by atoms with Gasteiger partial charge in [0.15, 0.2) is 0 Å². The van der Waals surface area contributed by atoms with Crippen molar-refractivity contribution in [2.24, 2.45) is 0 Å². The quantitative estimate of drug-likeness (QED) is 0.436. The number of methoxy groups -OCH3 is 1. The Balaban J connectivity index is 3.39. The Kier molecular flexibility index (Phi) is 6.78. The predicted octanol–water partition coefficient (Wildman–Crippen LogP) is 3.33. The van der Waals surface area contributed by atoms with E-state index in [1.54, 1.807) is 7.11 Å². The lowest BCUT2D eigenvalue weighted by molar-refractivity contribution is 0.225. The largest absolute Gasteiger partial charge is 0.380 e. The van der Waals surface area contributed by atoms with Crippen LogP contribution in [0.25, 0.3) is 0 Å². The fraction of sp³-hybridized carbons (Fsp3) is 0.636. The van der Waals surface area contributed by atoms with Crippen molar-refractivity contribution < 1.29 is 4.74 Å². The minimum Gasteiger partial charge on any atom is -0.380 e. The normalized spacial score (nSPS) is 11.8. The lowest BCUT2D eigenvalue weighted by Crippen LogP contribution is -1.89. The van der Waals surface area contributed by atoms with Crippen LogP contribution in [-0.4, -0.2) is 13.7 Å². The topological polar surface area (TPSA) is 9.23 Å². The van der Waals surface area contributed by atoms with Crippen molar-refractivity contribution in [2.75, 3.05) is 13.7 Å². The van der Waals surface area contributed by atoms with Gasteiger partial charge in [-0.2, -0.15) is 0 Å². The first-order chi connectivity index (χ1) is 5.66. The second kappa shape index (κ2) is 7.11. The van der Waals surface area contributed by atoms with E-state index in [1.165, 1.54) is 17.6 Å². The number of ether oxygens (including phenoxy) is 1. The molecule has 0 aromatic heterocycles. The van der Waals surface area contributed by atoms with E-state index in [0.717, 1.165) is 19.4 Å². The molecule has 0 spiro atoms. The first kappa shape index (κ1) is 11.4. The molecule has 1 nitrogen and oxygen atoms in total. The molecule has 0 heterocycles. The third-order valence-electron chi connectivity index (χ3n) is 1.67. The Morgan fingerprint density at radius 1 is 1.42 bits per heavy atom. The van der Waals surface area contributed by atoms with E-state index in [0.29, 0.717) is 0 Å². The van der Waals surface area contributed by atoms with E-state index < -0.39 is 0 Å². The van der Waals surface area contributed by atoms with E-state index in [1.807, 2.05) is 0 Å². The molecule has 0 fully saturated rings. The molecule has 70 valence electrons. The molecule has 12 heavy (non-hydrogen) atoms. The monoisotopic (exact) mass is 168 g/mol. The van der Waals surface area contributed by atoms with Crippen LogP contribution in [0.3, 0.4) is 0 Å². The van der Waals surface area contributed by atoms with Gasteiger partial charge in [0.05, 0.1) is 6.61 Å². The van der Waals surface area contributed by atoms with Gasteiger partial charge in [-0.25, -0.2) is 0 Å². The highest BCUT2D eigenvalue weighted by Gasteiger charge is 1.88. The van der Waals surface area contributed by atoms with E-state index in [-0.39, 0.29) is 0 Å². The summed E-state index contributed by atoms with van der Waals surface area (Å²) in [5.41, 5.74) is 2.59. The fourth-order valence-electron chi connectivity index (χ4n) is 1.04. The van der Waals surface area contributed by atoms with Gasteiger partial charge in [0.2, 0.25) is 0 Å². The van der Waals surface area contributed by atoms with Gasteiger partial charge >= 0.3 is 0 Å². The summed E-state index contributed by atoms with van der Waals surface area (Å²) in [6.07, 6.45) is 5.72. The van der Waals surface area contributed by atoms with Crippen molar-refractivity contribution in [1.82, 2.24) is 0 Å². The van der Waals surface area contributed by atoms with Gasteiger partial charge in [-0.05, 0) is 33.1 Å². The maximum atomic E-state index is 5.00. The predicted molar refractivity (Wildman–Crippen MR) is 54.3 cm³/mol. The van der Waals surface area contributed by atoms with Gasteiger partial charge < -0.3 is 4.74 Å². The van der Waals surface area contributed by atoms with E-state index in [4.69, 9.17) is 4.74 Å². The van der Waals surface area contributed by atoms with Crippen LogP contribution in [-0.2, 0) is 4.74 Å². The molecule has 0 rings (SSSR count). The Morgan fingerprint density at radius 3 is 2.58 bits per heavy atom. The van der Waals surface area contributed by atoms with Crippen LogP contribution < -0.4 is 0 Å². The number of rotatable bonds is 6. The Bertz CT molecular complexity index is 156. The van der Waals surface area contributed by atoms with Gasteiger partial charge in [0, 0.05) is 7.11 Å². The van der Waals surface area contributed by atoms with Crippen molar-refractivity contribution in [3.05, 3.63) is 23.8 Å². The zero-order chi connectivity index (χ0) is 9.40. The second-order valence-corrected chi connectivity index (χ2v) is 3.33. The van der Waals surface area contributed by atoms with Crippen LogP contribution in [0.4, 0.5) is 0 Å². The molecule has 1 heteroatoms. The molecule has 0 saturated heterocycles. The fourth-order valence-corrected chi connectivity index (χ4v) is 1.04. The van der Waals surface area contributed by atoms with Crippen LogP contribution in [0.1, 0.15) is 33.1 Å². The second-order valence-electron chi connectivity index (χ2n) is 3.33. The molecule has 0 radical (unpaired) electrons. The Labute approximate surface area is 76.1 Å². The van der Waals surface area contributed by atoms with Crippen molar-refractivity contribution in [3.63, 3.8) is 0 Å². The summed E-state index contributed by atoms with van der Waals surface area (Å²) in [5.74, 6) is 0. The molecule has 0 aromatic carbocycles. The molecule has 0 aromatic rings. The molecular weight excluding hydrogens is 148 g/mol. The lowest BCUT2D eigenvalue weighted by atomic mass is 10.1. The average molecular weight is 168 g/mol. The van der Waals surface area contributed by atoms with Crippen LogP contribution in [0.2, 0.25) is 0 Å². The van der Waals surface area contributed by atoms with Crippen LogP contribution in [0, 0.1) is 0 Å². The Hall–Kier alpha value is -0.560. The summed E-state index contributed by atoms with van der Waals surface area (Å²) < 4.78 is 5.00. The maximum absolute atomic E-state index is 5.00. The third-order valence-corrected chi connectivity index (χ3v) is 1.67. The van der Waals surface area contributed by atoms with Gasteiger partial charge in [-0.15, -0.1) is 6.58 Å². The van der Waals surface area contributed by atoms with Crippen LogP contribution in [0.5, 0.6) is 0 Å². The summed E-state index contributed by atoms with van der Waals surface area (Å²) in [7, 11) is 1.73. The standard InChI is InChI=1S/C11H20O/c1-10(2)7-5-6-8-11(3)9-12-4/h8H,1,5-7,9H2,2-4H3/b11-8-. The van der Waals surface area contributed by atoms with E-state index in [2.05, 4.69) is 26.5 Å². The summed E-state index contributed by atoms with van der Waals surface area (Å²) in [4.78, 5) is 0. The average Bonchev–Trinajstić information content (AvgIpc) is 1.98. The number of hydrogen-bond acceptors (Lipinski definition) is 1. The van der Waals surface area contributed by atoms with E-state index in [9.17, 15) is 0 Å². The molecule has 0 aliphatic rings. The zero-order valence-corrected chi connectivity index (χ0v) is 8.52. The Morgan fingerprint density at radius 2 is 2.08 bits per heavy atom. The van der Waals surface area contributed by atoms with Crippen LogP contribution in [0.15, 0.2) is 23.8 Å². The molecule has 0 aliphatic heterocycles. The molecule has 0 aliphatic carbocycles. The van der Waals surface area contributed by atoms with Crippen LogP contribution >= 0.6 is 0 Å². The highest BCUT2D eigenvalue weighted by Crippen LogP contribution is 2.06. The number of unbranched alkanes of at least 4 members (excludes halogenated alkanes) is 1. The zero-order valence-electron chi connectivity index (χ0n) is 8.52. The summed E-state index contributed by atoms with van der Waals surface area (Å²) >= 11 is 0. The van der Waals surface area contributed by atoms with Gasteiger partial charge in [0.1, 0.15) is 0 Å². The maximum Gasteiger partial charge on any atom is 0.0670 e. The first-order valence-corrected chi connectivity index (χ1v) is 4.45. The molecule has 0 bridgehead atoms. The lowest BCUT2D eigenvalue weighted by Gasteiger charge is -1.99. The number of hydrogen-bond donors (Lipinski definition) is 0. The van der Waals surface area contributed by atoms with Crippen molar-refractivity contribution in [2.45, 2.75) is 33.1 Å². The van der Waals surface area contributed by atoms with Gasteiger partial charge in [0.25, 0.3) is 0 Å².